The van der Waals surface area contributed by atoms with Gasteiger partial charge < -0.3 is 10.4 Å². The fourth-order valence-electron chi connectivity index (χ4n) is 4.05. The number of carbonyl (C=O) groups is 1. The first-order valence-electron chi connectivity index (χ1n) is 10.8. The predicted octanol–water partition coefficient (Wildman–Crippen LogP) is 7.34. The molecule has 3 nitrogen and oxygen atoms in total. The SMILES string of the molecule is O=C(O)c1cc(NCCCCCCCCCCCC2CCCCC2)cs1. The maximum atomic E-state index is 10.8. The molecule has 0 radical (unpaired) electrons. The molecular weight excluding hydrogens is 342 g/mol. The fourth-order valence-corrected chi connectivity index (χ4v) is 4.75. The van der Waals surface area contributed by atoms with E-state index in [9.17, 15) is 4.79 Å². The van der Waals surface area contributed by atoms with Crippen molar-refractivity contribution in [1.82, 2.24) is 0 Å². The number of hydrogen-bond donors (Lipinski definition) is 2. The molecule has 0 amide bonds. The maximum absolute atomic E-state index is 10.8. The standard InChI is InChI=1S/C22H37NO2S/c24-22(25)21-17-20(18-26-21)23-16-12-7-5-3-1-2-4-6-9-13-19-14-10-8-11-15-19/h17-19,23H,1-16H2,(H,24,25). The largest absolute Gasteiger partial charge is 0.477 e. The summed E-state index contributed by atoms with van der Waals surface area (Å²) in [5.74, 6) is 0.221. The zero-order valence-corrected chi connectivity index (χ0v) is 17.1. The molecule has 4 heteroatoms. The maximum Gasteiger partial charge on any atom is 0.345 e. The molecule has 148 valence electrons. The van der Waals surface area contributed by atoms with Crippen LogP contribution >= 0.6 is 11.3 Å². The molecule has 1 fully saturated rings. The highest BCUT2D eigenvalue weighted by Gasteiger charge is 2.12. The normalized spacial score (nSPS) is 15.2. The second-order valence-electron chi connectivity index (χ2n) is 7.91. The van der Waals surface area contributed by atoms with Gasteiger partial charge in [0.05, 0.1) is 0 Å². The first kappa shape index (κ1) is 21.3. The topological polar surface area (TPSA) is 49.3 Å². The molecule has 1 saturated carbocycles. The molecular formula is C22H37NO2S. The van der Waals surface area contributed by atoms with Crippen molar-refractivity contribution in [3.05, 3.63) is 16.3 Å². The number of carboxylic acids is 1. The molecule has 2 rings (SSSR count). The Morgan fingerprint density at radius 2 is 1.58 bits per heavy atom. The van der Waals surface area contributed by atoms with E-state index in [1.54, 1.807) is 6.07 Å². The van der Waals surface area contributed by atoms with E-state index in [0.29, 0.717) is 4.88 Å². The van der Waals surface area contributed by atoms with Crippen molar-refractivity contribution in [2.24, 2.45) is 5.92 Å². The van der Waals surface area contributed by atoms with Gasteiger partial charge in [-0.2, -0.15) is 0 Å². The molecule has 0 unspecified atom stereocenters. The second-order valence-corrected chi connectivity index (χ2v) is 8.82. The molecule has 0 aromatic carbocycles. The molecule has 2 N–H and O–H groups in total. The van der Waals surface area contributed by atoms with Crippen LogP contribution < -0.4 is 5.32 Å². The predicted molar refractivity (Wildman–Crippen MR) is 113 cm³/mol. The number of thiophene rings is 1. The van der Waals surface area contributed by atoms with Crippen LogP contribution in [0.15, 0.2) is 11.4 Å². The quantitative estimate of drug-likeness (QED) is 0.332. The lowest BCUT2D eigenvalue weighted by Gasteiger charge is -2.21. The molecule has 1 aliphatic rings. The van der Waals surface area contributed by atoms with Crippen LogP contribution in [0.25, 0.3) is 0 Å². The van der Waals surface area contributed by atoms with Crippen molar-refractivity contribution >= 4 is 23.0 Å². The summed E-state index contributed by atoms with van der Waals surface area (Å²) in [7, 11) is 0. The average Bonchev–Trinajstić information content (AvgIpc) is 3.13. The van der Waals surface area contributed by atoms with Crippen LogP contribution in [0.2, 0.25) is 0 Å². The van der Waals surface area contributed by atoms with E-state index in [-0.39, 0.29) is 0 Å². The van der Waals surface area contributed by atoms with Crippen LogP contribution in [-0.2, 0) is 0 Å². The molecule has 26 heavy (non-hydrogen) atoms. The minimum absolute atomic E-state index is 0.409. The van der Waals surface area contributed by atoms with Crippen LogP contribution in [0.5, 0.6) is 0 Å². The number of anilines is 1. The summed E-state index contributed by atoms with van der Waals surface area (Å²) in [6.45, 7) is 0.941. The summed E-state index contributed by atoms with van der Waals surface area (Å²) in [4.78, 5) is 11.2. The highest BCUT2D eigenvalue weighted by molar-refractivity contribution is 7.12. The second kappa shape index (κ2) is 13.2. The Bertz CT molecular complexity index is 494. The Balaban J connectivity index is 1.32. The molecule has 1 aromatic rings. The molecule has 0 aliphatic heterocycles. The van der Waals surface area contributed by atoms with Gasteiger partial charge in [0.15, 0.2) is 0 Å². The first-order chi connectivity index (χ1) is 12.8. The fraction of sp³-hybridized carbons (Fsp3) is 0.773. The molecule has 1 aliphatic carbocycles. The molecule has 0 saturated heterocycles. The third-order valence-corrected chi connectivity index (χ3v) is 6.57. The molecule has 1 heterocycles. The van der Waals surface area contributed by atoms with E-state index < -0.39 is 5.97 Å². The highest BCUT2D eigenvalue weighted by atomic mass is 32.1. The minimum atomic E-state index is -0.836. The Labute approximate surface area is 163 Å². The average molecular weight is 380 g/mol. The van der Waals surface area contributed by atoms with Crippen molar-refractivity contribution < 1.29 is 9.90 Å². The van der Waals surface area contributed by atoms with Gasteiger partial charge in [0, 0.05) is 17.6 Å². The number of aromatic carboxylic acids is 1. The van der Waals surface area contributed by atoms with E-state index in [0.717, 1.165) is 18.2 Å². The minimum Gasteiger partial charge on any atom is -0.477 e. The van der Waals surface area contributed by atoms with Gasteiger partial charge in [0.1, 0.15) is 4.88 Å². The first-order valence-corrected chi connectivity index (χ1v) is 11.7. The lowest BCUT2D eigenvalue weighted by atomic mass is 9.85. The summed E-state index contributed by atoms with van der Waals surface area (Å²) >= 11 is 1.29. The van der Waals surface area contributed by atoms with Gasteiger partial charge in [-0.25, -0.2) is 4.79 Å². The summed E-state index contributed by atoms with van der Waals surface area (Å²) < 4.78 is 0. The van der Waals surface area contributed by atoms with Gasteiger partial charge in [0.25, 0.3) is 0 Å². The zero-order valence-electron chi connectivity index (χ0n) is 16.3. The lowest BCUT2D eigenvalue weighted by molar-refractivity contribution is 0.0702. The monoisotopic (exact) mass is 379 g/mol. The van der Waals surface area contributed by atoms with Crippen molar-refractivity contribution in [2.75, 3.05) is 11.9 Å². The van der Waals surface area contributed by atoms with Crippen molar-refractivity contribution in [1.29, 1.82) is 0 Å². The Morgan fingerprint density at radius 1 is 0.962 bits per heavy atom. The molecule has 0 spiro atoms. The number of rotatable bonds is 14. The van der Waals surface area contributed by atoms with Crippen LogP contribution in [0.4, 0.5) is 5.69 Å². The Morgan fingerprint density at radius 3 is 2.19 bits per heavy atom. The number of carboxylic acid groups (broad SMARTS) is 1. The Hall–Kier alpha value is -1.03. The van der Waals surface area contributed by atoms with E-state index in [1.165, 1.54) is 108 Å². The lowest BCUT2D eigenvalue weighted by Crippen LogP contribution is -2.05. The molecule has 1 aromatic heterocycles. The highest BCUT2D eigenvalue weighted by Crippen LogP contribution is 2.28. The van der Waals surface area contributed by atoms with Gasteiger partial charge in [0.2, 0.25) is 0 Å². The summed E-state index contributed by atoms with van der Waals surface area (Å²) in [6.07, 6.45) is 21.2. The van der Waals surface area contributed by atoms with E-state index >= 15 is 0 Å². The van der Waals surface area contributed by atoms with Gasteiger partial charge in [-0.1, -0.05) is 89.9 Å². The van der Waals surface area contributed by atoms with Crippen LogP contribution in [-0.4, -0.2) is 17.6 Å². The van der Waals surface area contributed by atoms with E-state index in [2.05, 4.69) is 5.32 Å². The van der Waals surface area contributed by atoms with Crippen molar-refractivity contribution in [3.8, 4) is 0 Å². The smallest absolute Gasteiger partial charge is 0.345 e. The van der Waals surface area contributed by atoms with Gasteiger partial charge in [-0.15, -0.1) is 11.3 Å². The van der Waals surface area contributed by atoms with Crippen LogP contribution in [0, 0.1) is 5.92 Å². The van der Waals surface area contributed by atoms with Gasteiger partial charge in [-0.05, 0) is 18.4 Å². The number of nitrogens with one attached hydrogen (secondary N) is 1. The van der Waals surface area contributed by atoms with Crippen LogP contribution in [0.3, 0.4) is 0 Å². The zero-order chi connectivity index (χ0) is 18.5. The van der Waals surface area contributed by atoms with Crippen molar-refractivity contribution in [3.63, 3.8) is 0 Å². The summed E-state index contributed by atoms with van der Waals surface area (Å²) in [5.41, 5.74) is 0.945. The van der Waals surface area contributed by atoms with Gasteiger partial charge in [-0.3, -0.25) is 0 Å². The van der Waals surface area contributed by atoms with Crippen molar-refractivity contribution in [2.45, 2.75) is 96.3 Å². The molecule has 0 atom stereocenters. The third-order valence-electron chi connectivity index (χ3n) is 5.65. The Kier molecular flexibility index (Phi) is 10.8. The molecule has 0 bridgehead atoms. The number of hydrogen-bond acceptors (Lipinski definition) is 3. The number of unbranched alkanes of at least 4 members (excludes halogenated alkanes) is 8. The van der Waals surface area contributed by atoms with E-state index in [1.807, 2.05) is 5.38 Å². The van der Waals surface area contributed by atoms with Gasteiger partial charge >= 0.3 is 5.97 Å². The summed E-state index contributed by atoms with van der Waals surface area (Å²) in [6, 6.07) is 1.72. The van der Waals surface area contributed by atoms with Crippen LogP contribution in [0.1, 0.15) is 106 Å². The third kappa shape index (κ3) is 9.07. The van der Waals surface area contributed by atoms with E-state index in [4.69, 9.17) is 5.11 Å². The summed E-state index contributed by atoms with van der Waals surface area (Å²) in [5, 5.41) is 14.1.